The first-order valence-electron chi connectivity index (χ1n) is 11.3. The Kier molecular flexibility index (Phi) is 8.03. The van der Waals surface area contributed by atoms with E-state index in [9.17, 15) is 19.2 Å². The van der Waals surface area contributed by atoms with Crippen LogP contribution in [0.1, 0.15) is 41.4 Å². The Labute approximate surface area is 208 Å². The van der Waals surface area contributed by atoms with Gasteiger partial charge in [0.1, 0.15) is 0 Å². The zero-order valence-electron chi connectivity index (χ0n) is 19.2. The Morgan fingerprint density at radius 1 is 0.361 bits per heavy atom. The average molecular weight is 479 g/mol. The first kappa shape index (κ1) is 24.6. The zero-order valence-corrected chi connectivity index (χ0v) is 19.2. The van der Waals surface area contributed by atoms with Crippen molar-refractivity contribution in [3.63, 3.8) is 0 Å². The van der Waals surface area contributed by atoms with E-state index in [1.807, 2.05) is 0 Å². The summed E-state index contributed by atoms with van der Waals surface area (Å²) in [5, 5.41) is 0. The maximum atomic E-state index is 13.3. The van der Waals surface area contributed by atoms with Gasteiger partial charge in [0.2, 0.25) is 35.3 Å². The summed E-state index contributed by atoms with van der Waals surface area (Å²) < 4.78 is 0. The standard InChI is InChI=1S/C30H22O6/c31-25(21-13-5-1-6-14-21)29(26(32)22-15-7-2-8-16-22)35-36-30(27(33)23-17-9-3-10-18-23)28(34)24-19-11-4-12-20-24/h1-20,29-30H. The molecule has 0 bridgehead atoms. The normalized spacial score (nSPS) is 10.8. The highest BCUT2D eigenvalue weighted by Crippen LogP contribution is 2.18. The third-order valence-electron chi connectivity index (χ3n) is 5.43. The largest absolute Gasteiger partial charge is 0.291 e. The molecule has 4 aromatic rings. The minimum Gasteiger partial charge on any atom is -0.291 e. The highest BCUT2D eigenvalue weighted by atomic mass is 17.2. The Morgan fingerprint density at radius 3 is 0.750 bits per heavy atom. The molecule has 36 heavy (non-hydrogen) atoms. The minimum absolute atomic E-state index is 0.218. The molecule has 0 aliphatic carbocycles. The number of carbonyl (C=O) groups is 4. The molecule has 0 saturated carbocycles. The van der Waals surface area contributed by atoms with Crippen LogP contribution in [0.3, 0.4) is 0 Å². The van der Waals surface area contributed by atoms with Crippen molar-refractivity contribution < 1.29 is 29.0 Å². The molecule has 0 spiro atoms. The molecule has 4 aromatic carbocycles. The quantitative estimate of drug-likeness (QED) is 0.127. The van der Waals surface area contributed by atoms with Gasteiger partial charge in [0.05, 0.1) is 0 Å². The van der Waals surface area contributed by atoms with Gasteiger partial charge in [-0.1, -0.05) is 121 Å². The van der Waals surface area contributed by atoms with Gasteiger partial charge in [-0.2, -0.15) is 0 Å². The molecule has 0 aromatic heterocycles. The molecule has 0 N–H and O–H groups in total. The number of hydrogen-bond donors (Lipinski definition) is 0. The smallest absolute Gasteiger partial charge is 0.218 e. The SMILES string of the molecule is O=C(c1ccccc1)C(OOC(C(=O)c1ccccc1)C(=O)c1ccccc1)C(=O)c1ccccc1. The second-order valence-corrected chi connectivity index (χ2v) is 7.87. The van der Waals surface area contributed by atoms with Gasteiger partial charge >= 0.3 is 0 Å². The average Bonchev–Trinajstić information content (AvgIpc) is 2.96. The number of ketones is 4. The van der Waals surface area contributed by atoms with Gasteiger partial charge < -0.3 is 0 Å². The molecule has 0 atom stereocenters. The summed E-state index contributed by atoms with van der Waals surface area (Å²) in [7, 11) is 0. The van der Waals surface area contributed by atoms with E-state index in [0.29, 0.717) is 0 Å². The Balaban J connectivity index is 1.66. The van der Waals surface area contributed by atoms with E-state index in [-0.39, 0.29) is 22.3 Å². The highest BCUT2D eigenvalue weighted by Gasteiger charge is 2.36. The fourth-order valence-electron chi connectivity index (χ4n) is 3.54. The van der Waals surface area contributed by atoms with Crippen molar-refractivity contribution in [1.29, 1.82) is 0 Å². The van der Waals surface area contributed by atoms with Crippen molar-refractivity contribution in [3.05, 3.63) is 144 Å². The molecule has 6 heteroatoms. The summed E-state index contributed by atoms with van der Waals surface area (Å²) in [4.78, 5) is 63.8. The van der Waals surface area contributed by atoms with Crippen LogP contribution in [0.4, 0.5) is 0 Å². The molecule has 0 saturated heterocycles. The summed E-state index contributed by atoms with van der Waals surface area (Å²) >= 11 is 0. The molecule has 0 fully saturated rings. The maximum Gasteiger partial charge on any atom is 0.218 e. The van der Waals surface area contributed by atoms with Crippen molar-refractivity contribution in [1.82, 2.24) is 0 Å². The van der Waals surface area contributed by atoms with E-state index in [4.69, 9.17) is 9.78 Å². The molecule has 0 unspecified atom stereocenters. The second-order valence-electron chi connectivity index (χ2n) is 7.87. The fraction of sp³-hybridized carbons (Fsp3) is 0.0667. The van der Waals surface area contributed by atoms with Crippen molar-refractivity contribution in [3.8, 4) is 0 Å². The number of rotatable bonds is 11. The minimum atomic E-state index is -1.73. The van der Waals surface area contributed by atoms with Crippen molar-refractivity contribution in [2.24, 2.45) is 0 Å². The Bertz CT molecular complexity index is 1130. The first-order valence-corrected chi connectivity index (χ1v) is 11.3. The van der Waals surface area contributed by atoms with Crippen molar-refractivity contribution >= 4 is 23.1 Å². The summed E-state index contributed by atoms with van der Waals surface area (Å²) in [5.41, 5.74) is 0.873. The summed E-state index contributed by atoms with van der Waals surface area (Å²) in [6, 6.07) is 32.5. The van der Waals surface area contributed by atoms with Crippen LogP contribution in [-0.4, -0.2) is 35.3 Å². The lowest BCUT2D eigenvalue weighted by Gasteiger charge is -2.19. The highest BCUT2D eigenvalue weighted by molar-refractivity contribution is 6.19. The van der Waals surface area contributed by atoms with E-state index in [0.717, 1.165) is 0 Å². The van der Waals surface area contributed by atoms with Gasteiger partial charge in [-0.15, -0.1) is 0 Å². The number of benzene rings is 4. The molecule has 178 valence electrons. The zero-order chi connectivity index (χ0) is 25.3. The molecule has 0 aliphatic heterocycles. The number of carbonyl (C=O) groups excluding carboxylic acids is 4. The van der Waals surface area contributed by atoms with E-state index < -0.39 is 35.3 Å². The lowest BCUT2D eigenvalue weighted by Crippen LogP contribution is -2.39. The van der Waals surface area contributed by atoms with Crippen LogP contribution in [0.5, 0.6) is 0 Å². The molecule has 6 nitrogen and oxygen atoms in total. The van der Waals surface area contributed by atoms with E-state index in [2.05, 4.69) is 0 Å². The summed E-state index contributed by atoms with van der Waals surface area (Å²) in [6.45, 7) is 0. The number of Topliss-reactive ketones (excluding diaryl/α,β-unsaturated/α-hetero) is 4. The van der Waals surface area contributed by atoms with Crippen LogP contribution in [0.15, 0.2) is 121 Å². The fourth-order valence-corrected chi connectivity index (χ4v) is 3.54. The lowest BCUT2D eigenvalue weighted by molar-refractivity contribution is -0.307. The van der Waals surface area contributed by atoms with Crippen molar-refractivity contribution in [2.75, 3.05) is 0 Å². The Morgan fingerprint density at radius 2 is 0.556 bits per heavy atom. The van der Waals surface area contributed by atoms with Gasteiger partial charge in [-0.25, -0.2) is 9.78 Å². The predicted octanol–water partition coefficient (Wildman–Crippen LogP) is 5.20. The molecule has 0 heterocycles. The molecule has 0 radical (unpaired) electrons. The second kappa shape index (κ2) is 11.8. The van der Waals surface area contributed by atoms with Crippen LogP contribution in [-0.2, 0) is 9.78 Å². The molecular formula is C30H22O6. The van der Waals surface area contributed by atoms with Crippen LogP contribution in [0, 0.1) is 0 Å². The first-order chi connectivity index (χ1) is 17.6. The Hall–Kier alpha value is -4.52. The third-order valence-corrected chi connectivity index (χ3v) is 5.43. The van der Waals surface area contributed by atoms with Gasteiger partial charge in [0, 0.05) is 22.3 Å². The molecule has 0 amide bonds. The number of hydrogen-bond acceptors (Lipinski definition) is 6. The summed E-state index contributed by atoms with van der Waals surface area (Å²) in [6.07, 6.45) is -3.46. The van der Waals surface area contributed by atoms with Crippen LogP contribution in [0.2, 0.25) is 0 Å². The summed E-state index contributed by atoms with van der Waals surface area (Å²) in [5.74, 6) is -2.66. The van der Waals surface area contributed by atoms with E-state index >= 15 is 0 Å². The monoisotopic (exact) mass is 478 g/mol. The van der Waals surface area contributed by atoms with E-state index in [1.165, 1.54) is 0 Å². The van der Waals surface area contributed by atoms with E-state index in [1.54, 1.807) is 121 Å². The topological polar surface area (TPSA) is 86.7 Å². The van der Waals surface area contributed by atoms with Gasteiger partial charge in [0.15, 0.2) is 0 Å². The molecule has 0 aliphatic rings. The maximum absolute atomic E-state index is 13.3. The third kappa shape index (κ3) is 5.75. The van der Waals surface area contributed by atoms with Crippen LogP contribution >= 0.6 is 0 Å². The molecule has 4 rings (SSSR count). The predicted molar refractivity (Wildman–Crippen MR) is 133 cm³/mol. The van der Waals surface area contributed by atoms with Crippen LogP contribution in [0.25, 0.3) is 0 Å². The van der Waals surface area contributed by atoms with Gasteiger partial charge in [-0.05, 0) is 0 Å². The van der Waals surface area contributed by atoms with Crippen molar-refractivity contribution in [2.45, 2.75) is 12.2 Å². The van der Waals surface area contributed by atoms with Gasteiger partial charge in [-0.3, -0.25) is 19.2 Å². The molecular weight excluding hydrogens is 456 g/mol. The van der Waals surface area contributed by atoms with Gasteiger partial charge in [0.25, 0.3) is 0 Å². The van der Waals surface area contributed by atoms with Crippen LogP contribution < -0.4 is 0 Å². The lowest BCUT2D eigenvalue weighted by atomic mass is 9.98.